The molecular weight excluding hydrogens is 489 g/mol. The summed E-state index contributed by atoms with van der Waals surface area (Å²) in [5.74, 6) is 1.44. The van der Waals surface area contributed by atoms with Gasteiger partial charge in [-0.2, -0.15) is 0 Å². The predicted molar refractivity (Wildman–Crippen MR) is 126 cm³/mol. The van der Waals surface area contributed by atoms with Gasteiger partial charge < -0.3 is 15.1 Å². The Balaban J connectivity index is 0.00000280. The molecule has 0 amide bonds. The molecule has 28 heavy (non-hydrogen) atoms. The number of rotatable bonds is 4. The fourth-order valence-corrected chi connectivity index (χ4v) is 4.70. The molecule has 0 saturated carbocycles. The van der Waals surface area contributed by atoms with Crippen LogP contribution in [-0.2, 0) is 10.0 Å². The van der Waals surface area contributed by atoms with Gasteiger partial charge in [0.1, 0.15) is 0 Å². The zero-order valence-electron chi connectivity index (χ0n) is 16.7. The maximum Gasteiger partial charge on any atom is 0.211 e. The van der Waals surface area contributed by atoms with Crippen LogP contribution < -0.4 is 10.2 Å². The maximum atomic E-state index is 11.6. The van der Waals surface area contributed by atoms with Gasteiger partial charge in [0.2, 0.25) is 10.0 Å². The average Bonchev–Trinajstić information content (AvgIpc) is 2.69. The van der Waals surface area contributed by atoms with Gasteiger partial charge in [0.25, 0.3) is 0 Å². The summed E-state index contributed by atoms with van der Waals surface area (Å²) >= 11 is 0. The Morgan fingerprint density at radius 2 is 1.68 bits per heavy atom. The van der Waals surface area contributed by atoms with E-state index in [1.165, 1.54) is 11.9 Å². The summed E-state index contributed by atoms with van der Waals surface area (Å²) in [5, 5.41) is 3.51. The van der Waals surface area contributed by atoms with Crippen molar-refractivity contribution in [1.29, 1.82) is 0 Å². The highest BCUT2D eigenvalue weighted by atomic mass is 127. The number of benzene rings is 1. The van der Waals surface area contributed by atoms with E-state index in [-0.39, 0.29) is 24.0 Å². The lowest BCUT2D eigenvalue weighted by Gasteiger charge is -2.38. The summed E-state index contributed by atoms with van der Waals surface area (Å²) in [7, 11) is -1.22. The zero-order chi connectivity index (χ0) is 19.3. The monoisotopic (exact) mass is 521 g/mol. The Kier molecular flexibility index (Phi) is 8.81. The summed E-state index contributed by atoms with van der Waals surface area (Å²) in [5.41, 5.74) is 1.28. The van der Waals surface area contributed by atoms with Crippen molar-refractivity contribution in [3.8, 4) is 0 Å². The van der Waals surface area contributed by atoms with Gasteiger partial charge in [-0.25, -0.2) is 12.7 Å². The summed E-state index contributed by atoms with van der Waals surface area (Å²) in [4.78, 5) is 9.17. The minimum atomic E-state index is -3.05. The number of nitrogens with one attached hydrogen (secondary N) is 1. The van der Waals surface area contributed by atoms with Crippen molar-refractivity contribution in [1.82, 2.24) is 14.5 Å². The number of halogens is 1. The molecule has 9 heteroatoms. The summed E-state index contributed by atoms with van der Waals surface area (Å²) in [6, 6.07) is 10.5. The molecule has 0 unspecified atom stereocenters. The van der Waals surface area contributed by atoms with E-state index < -0.39 is 10.0 Å². The molecule has 2 saturated heterocycles. The first-order chi connectivity index (χ1) is 13.0. The van der Waals surface area contributed by atoms with Crippen molar-refractivity contribution in [3.63, 3.8) is 0 Å². The van der Waals surface area contributed by atoms with Crippen molar-refractivity contribution in [3.05, 3.63) is 30.3 Å². The van der Waals surface area contributed by atoms with E-state index in [1.807, 2.05) is 13.1 Å². The van der Waals surface area contributed by atoms with Crippen LogP contribution in [0.15, 0.2) is 35.3 Å². The lowest BCUT2D eigenvalue weighted by atomic mass is 9.98. The number of aliphatic imine (C=N–C) groups is 1. The molecule has 0 aliphatic carbocycles. The molecule has 0 spiro atoms. The Bertz CT molecular complexity index is 728. The molecule has 1 aromatic rings. The van der Waals surface area contributed by atoms with Crippen LogP contribution in [-0.4, -0.2) is 82.7 Å². The smallest absolute Gasteiger partial charge is 0.211 e. The highest BCUT2D eigenvalue weighted by Gasteiger charge is 2.26. The number of nitrogens with zero attached hydrogens (tertiary/aromatic N) is 4. The minimum absolute atomic E-state index is 0. The van der Waals surface area contributed by atoms with E-state index >= 15 is 0 Å². The standard InChI is InChI=1S/C19H31N5O2S.HI/c1-20-19(21-16-17-8-10-24(11-9-17)27(2,25)26)23-14-12-22(13-15-23)18-6-4-3-5-7-18;/h3-7,17H,8-16H2,1-2H3,(H,20,21);1H. The first-order valence-electron chi connectivity index (χ1n) is 9.68. The average molecular weight is 521 g/mol. The lowest BCUT2D eigenvalue weighted by molar-refractivity contribution is 0.271. The van der Waals surface area contributed by atoms with E-state index in [2.05, 4.69) is 44.4 Å². The third-order valence-electron chi connectivity index (χ3n) is 5.50. The SMILES string of the molecule is CN=C(NCC1CCN(S(C)(=O)=O)CC1)N1CCN(c2ccccc2)CC1.I. The number of piperazine rings is 1. The second-order valence-electron chi connectivity index (χ2n) is 7.34. The Hall–Kier alpha value is -1.07. The molecule has 1 aromatic carbocycles. The first-order valence-corrected chi connectivity index (χ1v) is 11.5. The van der Waals surface area contributed by atoms with Gasteiger partial charge in [0.15, 0.2) is 5.96 Å². The number of sulfonamides is 1. The maximum absolute atomic E-state index is 11.6. The summed E-state index contributed by atoms with van der Waals surface area (Å²) in [6.45, 7) is 5.96. The Labute approximate surface area is 186 Å². The van der Waals surface area contributed by atoms with Crippen molar-refractivity contribution in [2.75, 3.05) is 64.0 Å². The van der Waals surface area contributed by atoms with Gasteiger partial charge in [0, 0.05) is 58.5 Å². The van der Waals surface area contributed by atoms with Gasteiger partial charge in [-0.3, -0.25) is 4.99 Å². The molecule has 158 valence electrons. The van der Waals surface area contributed by atoms with Crippen molar-refractivity contribution in [2.24, 2.45) is 10.9 Å². The van der Waals surface area contributed by atoms with Crippen LogP contribution in [0.4, 0.5) is 5.69 Å². The van der Waals surface area contributed by atoms with Crippen molar-refractivity contribution < 1.29 is 8.42 Å². The normalized spacial score (nSPS) is 20.0. The molecule has 3 rings (SSSR count). The number of para-hydroxylation sites is 1. The van der Waals surface area contributed by atoms with Crippen LogP contribution in [0.2, 0.25) is 0 Å². The zero-order valence-corrected chi connectivity index (χ0v) is 19.9. The van der Waals surface area contributed by atoms with Gasteiger partial charge in [-0.05, 0) is 30.9 Å². The van der Waals surface area contributed by atoms with Crippen LogP contribution in [0, 0.1) is 5.92 Å². The number of guanidine groups is 1. The van der Waals surface area contributed by atoms with Crippen LogP contribution in [0.25, 0.3) is 0 Å². The molecule has 0 aromatic heterocycles. The Morgan fingerprint density at radius 3 is 2.21 bits per heavy atom. The molecule has 2 fully saturated rings. The molecule has 7 nitrogen and oxygen atoms in total. The minimum Gasteiger partial charge on any atom is -0.368 e. The second-order valence-corrected chi connectivity index (χ2v) is 9.33. The Morgan fingerprint density at radius 1 is 1.07 bits per heavy atom. The van der Waals surface area contributed by atoms with E-state index in [0.717, 1.165) is 51.5 Å². The van der Waals surface area contributed by atoms with Gasteiger partial charge in [0.05, 0.1) is 6.26 Å². The highest BCUT2D eigenvalue weighted by Crippen LogP contribution is 2.19. The van der Waals surface area contributed by atoms with E-state index in [1.54, 1.807) is 4.31 Å². The quantitative estimate of drug-likeness (QED) is 0.371. The van der Waals surface area contributed by atoms with Crippen molar-refractivity contribution >= 4 is 45.6 Å². The largest absolute Gasteiger partial charge is 0.368 e. The molecule has 1 N–H and O–H groups in total. The predicted octanol–water partition coefficient (Wildman–Crippen LogP) is 1.67. The van der Waals surface area contributed by atoms with Crippen LogP contribution in [0.5, 0.6) is 0 Å². The molecule has 2 aliphatic heterocycles. The van der Waals surface area contributed by atoms with Crippen LogP contribution in [0.3, 0.4) is 0 Å². The topological polar surface area (TPSA) is 68.2 Å². The van der Waals surface area contributed by atoms with Crippen LogP contribution >= 0.6 is 24.0 Å². The molecule has 2 heterocycles. The fourth-order valence-electron chi connectivity index (χ4n) is 3.83. The van der Waals surface area contributed by atoms with E-state index in [0.29, 0.717) is 19.0 Å². The summed E-state index contributed by atoms with van der Waals surface area (Å²) < 4.78 is 24.8. The number of hydrogen-bond acceptors (Lipinski definition) is 4. The lowest BCUT2D eigenvalue weighted by Crippen LogP contribution is -2.53. The van der Waals surface area contributed by atoms with Gasteiger partial charge >= 0.3 is 0 Å². The summed E-state index contributed by atoms with van der Waals surface area (Å²) in [6.07, 6.45) is 3.10. The van der Waals surface area contributed by atoms with E-state index in [4.69, 9.17) is 0 Å². The highest BCUT2D eigenvalue weighted by molar-refractivity contribution is 14.0. The molecule has 0 radical (unpaired) electrons. The third-order valence-corrected chi connectivity index (χ3v) is 6.81. The molecular formula is C19H32IN5O2S. The fraction of sp³-hybridized carbons (Fsp3) is 0.632. The molecule has 0 bridgehead atoms. The van der Waals surface area contributed by atoms with Gasteiger partial charge in [-0.15, -0.1) is 24.0 Å². The number of piperidine rings is 1. The molecule has 2 aliphatic rings. The number of hydrogen-bond donors (Lipinski definition) is 1. The van der Waals surface area contributed by atoms with E-state index in [9.17, 15) is 8.42 Å². The number of anilines is 1. The third kappa shape index (κ3) is 6.21. The van der Waals surface area contributed by atoms with Crippen molar-refractivity contribution in [2.45, 2.75) is 12.8 Å². The first kappa shape index (κ1) is 23.2. The van der Waals surface area contributed by atoms with Gasteiger partial charge in [-0.1, -0.05) is 18.2 Å². The van der Waals surface area contributed by atoms with Crippen LogP contribution in [0.1, 0.15) is 12.8 Å². The second kappa shape index (κ2) is 10.6. The molecule has 0 atom stereocenters.